The van der Waals surface area contributed by atoms with Gasteiger partial charge < -0.3 is 14.8 Å². The van der Waals surface area contributed by atoms with Crippen LogP contribution in [0.2, 0.25) is 0 Å². The number of nitrogens with one attached hydrogen (secondary N) is 1. The lowest BCUT2D eigenvalue weighted by Crippen LogP contribution is -2.34. The number of methoxy groups -OCH3 is 1. The molecule has 0 aliphatic heterocycles. The third kappa shape index (κ3) is 5.62. The van der Waals surface area contributed by atoms with Crippen molar-refractivity contribution < 1.29 is 27.1 Å². The minimum Gasteiger partial charge on any atom is -0.497 e. The highest BCUT2D eigenvalue weighted by Crippen LogP contribution is 2.32. The van der Waals surface area contributed by atoms with Gasteiger partial charge in [0.05, 0.1) is 12.0 Å². The quantitative estimate of drug-likeness (QED) is 0.487. The lowest BCUT2D eigenvalue weighted by atomic mass is 10.2. The monoisotopic (exact) mass is 463 g/mol. The van der Waals surface area contributed by atoms with Gasteiger partial charge in [0.1, 0.15) is 22.6 Å². The van der Waals surface area contributed by atoms with Gasteiger partial charge in [-0.3, -0.25) is 4.79 Å². The number of amides is 1. The minimum absolute atomic E-state index is 0.00618. The Balaban J connectivity index is 1.71. The highest BCUT2D eigenvalue weighted by Gasteiger charge is 2.31. The highest BCUT2D eigenvalue weighted by molar-refractivity contribution is 7.91. The summed E-state index contributed by atoms with van der Waals surface area (Å²) in [7, 11) is -2.34. The van der Waals surface area contributed by atoms with Crippen molar-refractivity contribution in [2.45, 2.75) is 17.1 Å². The lowest BCUT2D eigenvalue weighted by molar-refractivity contribution is -0.123. The molecule has 1 aromatic heterocycles. The van der Waals surface area contributed by atoms with Gasteiger partial charge in [0, 0.05) is 17.5 Å². The summed E-state index contributed by atoms with van der Waals surface area (Å²) in [5.74, 6) is 0.111. The molecule has 0 radical (unpaired) electrons. The van der Waals surface area contributed by atoms with Gasteiger partial charge in [-0.05, 0) is 54.3 Å². The van der Waals surface area contributed by atoms with E-state index in [9.17, 15) is 17.6 Å². The summed E-state index contributed by atoms with van der Waals surface area (Å²) in [6.45, 7) is 1.09. The van der Waals surface area contributed by atoms with Gasteiger partial charge in [-0.25, -0.2) is 12.8 Å². The van der Waals surface area contributed by atoms with E-state index in [1.807, 2.05) is 0 Å². The molecule has 3 rings (SSSR count). The maximum atomic E-state index is 13.6. The molecule has 1 atom stereocenters. The van der Waals surface area contributed by atoms with Crippen molar-refractivity contribution in [3.63, 3.8) is 0 Å². The standard InChI is InChI=1S/C22H22FNO5S2/c1-15-11-18(8-9-19(15)23)31(26,27)21(20-7-4-10-30-20)13-24-22(25)14-29-17-6-3-5-16(12-17)28-2/h3-12,21H,13-14H2,1-2H3,(H,24,25)/t21-/m1/s1. The molecular weight excluding hydrogens is 441 g/mol. The van der Waals surface area contributed by atoms with E-state index in [1.54, 1.807) is 41.8 Å². The second kappa shape index (κ2) is 9.93. The second-order valence-corrected chi connectivity index (χ2v) is 9.84. The predicted molar refractivity (Wildman–Crippen MR) is 117 cm³/mol. The summed E-state index contributed by atoms with van der Waals surface area (Å²) in [5.41, 5.74) is 0.238. The molecule has 0 aliphatic rings. The molecule has 164 valence electrons. The van der Waals surface area contributed by atoms with E-state index in [2.05, 4.69) is 5.32 Å². The lowest BCUT2D eigenvalue weighted by Gasteiger charge is -2.18. The van der Waals surface area contributed by atoms with E-state index in [0.29, 0.717) is 16.4 Å². The predicted octanol–water partition coefficient (Wildman–Crippen LogP) is 3.91. The average Bonchev–Trinajstić information content (AvgIpc) is 3.28. The topological polar surface area (TPSA) is 81.7 Å². The van der Waals surface area contributed by atoms with Crippen LogP contribution in [0.3, 0.4) is 0 Å². The highest BCUT2D eigenvalue weighted by atomic mass is 32.2. The van der Waals surface area contributed by atoms with Crippen molar-refractivity contribution in [3.05, 3.63) is 76.2 Å². The van der Waals surface area contributed by atoms with Crippen LogP contribution in [0, 0.1) is 12.7 Å². The third-order valence-corrected chi connectivity index (χ3v) is 7.80. The molecule has 0 saturated carbocycles. The molecule has 6 nitrogen and oxygen atoms in total. The van der Waals surface area contributed by atoms with E-state index in [-0.39, 0.29) is 23.6 Å². The first-order chi connectivity index (χ1) is 14.8. The van der Waals surface area contributed by atoms with Crippen LogP contribution >= 0.6 is 11.3 Å². The van der Waals surface area contributed by atoms with Gasteiger partial charge >= 0.3 is 0 Å². The van der Waals surface area contributed by atoms with Crippen LogP contribution in [-0.4, -0.2) is 34.6 Å². The molecule has 31 heavy (non-hydrogen) atoms. The number of rotatable bonds is 9. The Kier molecular flexibility index (Phi) is 7.29. The fourth-order valence-electron chi connectivity index (χ4n) is 2.89. The van der Waals surface area contributed by atoms with E-state index < -0.39 is 26.8 Å². The van der Waals surface area contributed by atoms with Gasteiger partial charge in [0.2, 0.25) is 0 Å². The Morgan fingerprint density at radius 2 is 1.90 bits per heavy atom. The first-order valence-electron chi connectivity index (χ1n) is 9.38. The zero-order valence-corrected chi connectivity index (χ0v) is 18.6. The van der Waals surface area contributed by atoms with Crippen LogP contribution in [0.5, 0.6) is 11.5 Å². The van der Waals surface area contributed by atoms with Crippen LogP contribution in [0.15, 0.2) is 64.9 Å². The summed E-state index contributed by atoms with van der Waals surface area (Å²) >= 11 is 1.28. The molecule has 2 aromatic carbocycles. The largest absolute Gasteiger partial charge is 0.497 e. The maximum absolute atomic E-state index is 13.6. The van der Waals surface area contributed by atoms with E-state index in [1.165, 1.54) is 37.5 Å². The SMILES string of the molecule is COc1cccc(OCC(=O)NC[C@H](c2cccs2)S(=O)(=O)c2ccc(F)c(C)c2)c1. The molecule has 3 aromatic rings. The van der Waals surface area contributed by atoms with E-state index in [0.717, 1.165) is 6.07 Å². The van der Waals surface area contributed by atoms with Crippen molar-refractivity contribution in [1.82, 2.24) is 5.32 Å². The normalized spacial score (nSPS) is 12.2. The molecule has 1 amide bonds. The van der Waals surface area contributed by atoms with Gasteiger partial charge in [-0.1, -0.05) is 12.1 Å². The zero-order chi connectivity index (χ0) is 22.4. The molecule has 0 unspecified atom stereocenters. The third-order valence-electron chi connectivity index (χ3n) is 4.59. The number of hydrogen-bond donors (Lipinski definition) is 1. The smallest absolute Gasteiger partial charge is 0.257 e. The first kappa shape index (κ1) is 22.8. The minimum atomic E-state index is -3.86. The summed E-state index contributed by atoms with van der Waals surface area (Å²) in [4.78, 5) is 12.9. The molecule has 0 fully saturated rings. The fourth-order valence-corrected chi connectivity index (χ4v) is 5.76. The Labute approximate surface area is 184 Å². The van der Waals surface area contributed by atoms with Gasteiger partial charge in [0.25, 0.3) is 5.91 Å². The number of carbonyl (C=O) groups excluding carboxylic acids is 1. The Morgan fingerprint density at radius 1 is 1.13 bits per heavy atom. The number of ether oxygens (including phenoxy) is 2. The number of thiophene rings is 1. The zero-order valence-electron chi connectivity index (χ0n) is 17.0. The number of sulfone groups is 1. The summed E-state index contributed by atoms with van der Waals surface area (Å²) < 4.78 is 50.7. The van der Waals surface area contributed by atoms with Gasteiger partial charge in [0.15, 0.2) is 16.4 Å². The Hall–Kier alpha value is -2.91. The molecule has 0 saturated heterocycles. The van der Waals surface area contributed by atoms with Crippen molar-refractivity contribution in [2.24, 2.45) is 0 Å². The summed E-state index contributed by atoms with van der Waals surface area (Å²) in [5, 5.41) is 3.39. The molecule has 0 bridgehead atoms. The van der Waals surface area contributed by atoms with E-state index >= 15 is 0 Å². The van der Waals surface area contributed by atoms with Crippen LogP contribution in [0.25, 0.3) is 0 Å². The van der Waals surface area contributed by atoms with Crippen LogP contribution in [-0.2, 0) is 14.6 Å². The number of benzene rings is 2. The summed E-state index contributed by atoms with van der Waals surface area (Å²) in [6.07, 6.45) is 0. The van der Waals surface area contributed by atoms with Crippen molar-refractivity contribution in [2.75, 3.05) is 20.3 Å². The molecular formula is C22H22FNO5S2. The molecule has 1 heterocycles. The van der Waals surface area contributed by atoms with Gasteiger partial charge in [-0.15, -0.1) is 11.3 Å². The van der Waals surface area contributed by atoms with Crippen molar-refractivity contribution >= 4 is 27.1 Å². The van der Waals surface area contributed by atoms with Crippen LogP contribution < -0.4 is 14.8 Å². The molecule has 9 heteroatoms. The Morgan fingerprint density at radius 3 is 2.58 bits per heavy atom. The van der Waals surface area contributed by atoms with Crippen LogP contribution in [0.1, 0.15) is 15.7 Å². The van der Waals surface area contributed by atoms with Gasteiger partial charge in [-0.2, -0.15) is 0 Å². The molecule has 0 aliphatic carbocycles. The maximum Gasteiger partial charge on any atom is 0.257 e. The first-order valence-corrected chi connectivity index (χ1v) is 11.8. The number of hydrogen-bond acceptors (Lipinski definition) is 6. The van der Waals surface area contributed by atoms with Crippen molar-refractivity contribution in [3.8, 4) is 11.5 Å². The fraction of sp³-hybridized carbons (Fsp3) is 0.227. The number of carbonyl (C=O) groups is 1. The Bertz CT molecular complexity index is 1150. The number of aryl methyl sites for hydroxylation is 1. The second-order valence-electron chi connectivity index (χ2n) is 6.73. The number of halogens is 1. The van der Waals surface area contributed by atoms with Crippen molar-refractivity contribution in [1.29, 1.82) is 0 Å². The average molecular weight is 464 g/mol. The molecule has 0 spiro atoms. The molecule has 1 N–H and O–H groups in total. The summed E-state index contributed by atoms with van der Waals surface area (Å²) in [6, 6.07) is 13.9. The van der Waals surface area contributed by atoms with Crippen LogP contribution in [0.4, 0.5) is 4.39 Å². The van der Waals surface area contributed by atoms with E-state index in [4.69, 9.17) is 9.47 Å².